The Balaban J connectivity index is 0.989. The van der Waals surface area contributed by atoms with E-state index in [1.807, 2.05) is 84.9 Å². The van der Waals surface area contributed by atoms with Crippen LogP contribution in [0.3, 0.4) is 0 Å². The molecule has 0 radical (unpaired) electrons. The molecule has 4 aliphatic rings. The summed E-state index contributed by atoms with van der Waals surface area (Å²) < 4.78 is 32.4. The Bertz CT molecular complexity index is 2650. The first-order chi connectivity index (χ1) is 38.2. The van der Waals surface area contributed by atoms with Gasteiger partial charge in [0.2, 0.25) is 23.6 Å². The fraction of sp³-hybridized carbons (Fsp3) is 0.531. The van der Waals surface area contributed by atoms with E-state index in [4.69, 9.17) is 0 Å². The maximum Gasteiger partial charge on any atom is 0.253 e. The number of likely N-dealkylation sites (N-methyl/N-ethyl adjacent to an activating group) is 1. The second-order valence-electron chi connectivity index (χ2n) is 22.9. The van der Waals surface area contributed by atoms with Crippen LogP contribution in [-0.2, 0) is 32.0 Å². The Hall–Kier alpha value is -6.48. The summed E-state index contributed by atoms with van der Waals surface area (Å²) in [7, 11) is 1.69. The fourth-order valence-corrected chi connectivity index (χ4v) is 12.2. The van der Waals surface area contributed by atoms with Crippen LogP contribution in [0.4, 0.5) is 8.78 Å². The highest BCUT2D eigenvalue weighted by Gasteiger charge is 2.46. The third-order valence-corrected chi connectivity index (χ3v) is 17.2. The lowest BCUT2D eigenvalue weighted by atomic mass is 9.83. The number of hydrogen-bond acceptors (Lipinski definition) is 7. The minimum absolute atomic E-state index is 0.00965. The van der Waals surface area contributed by atoms with Crippen molar-refractivity contribution in [2.45, 2.75) is 153 Å². The fourth-order valence-electron chi connectivity index (χ4n) is 12.2. The Morgan fingerprint density at radius 2 is 0.899 bits per heavy atom. The minimum atomic E-state index is -1.36. The maximum absolute atomic E-state index is 16.2. The maximum atomic E-state index is 16.2. The minimum Gasteiger partial charge on any atom is -0.344 e. The molecule has 3 N–H and O–H groups in total. The molecule has 0 aromatic heterocycles. The molecule has 7 atom stereocenters. The molecule has 4 fully saturated rings. The molecule has 0 spiro atoms. The molecule has 15 heteroatoms. The largest absolute Gasteiger partial charge is 0.344 e. The number of amides is 6. The molecule has 2 heterocycles. The van der Waals surface area contributed by atoms with Crippen LogP contribution in [0, 0.1) is 17.8 Å². The van der Waals surface area contributed by atoms with Crippen molar-refractivity contribution in [1.29, 1.82) is 0 Å². The van der Waals surface area contributed by atoms with Gasteiger partial charge in [0.1, 0.15) is 24.4 Å². The number of halogens is 2. The Morgan fingerprint density at radius 1 is 0.519 bits per heavy atom. The summed E-state index contributed by atoms with van der Waals surface area (Å²) in [5, 5.41) is 9.03. The number of nitrogens with zero attached hydrogens (tertiary/aromatic N) is 4. The summed E-state index contributed by atoms with van der Waals surface area (Å²) in [4.78, 5) is 91.2. The number of nitrogens with one attached hydrogen (secondary N) is 3. The van der Waals surface area contributed by atoms with E-state index in [1.165, 1.54) is 0 Å². The van der Waals surface area contributed by atoms with Crippen LogP contribution < -0.4 is 16.0 Å². The van der Waals surface area contributed by atoms with Gasteiger partial charge in [0.15, 0.2) is 0 Å². The van der Waals surface area contributed by atoms with Crippen LogP contribution >= 0.6 is 0 Å². The lowest BCUT2D eigenvalue weighted by Crippen LogP contribution is -2.58. The molecule has 0 unspecified atom stereocenters. The first-order valence-corrected chi connectivity index (χ1v) is 29.2. The number of hydrogen-bond donors (Lipinski definition) is 3. The van der Waals surface area contributed by atoms with Crippen LogP contribution in [-0.4, -0.2) is 144 Å². The van der Waals surface area contributed by atoms with Gasteiger partial charge >= 0.3 is 0 Å². The van der Waals surface area contributed by atoms with E-state index < -0.39 is 42.6 Å². The highest BCUT2D eigenvalue weighted by atomic mass is 19.1. The lowest BCUT2D eigenvalue weighted by molar-refractivity contribution is -0.140. The van der Waals surface area contributed by atoms with Crippen LogP contribution in [0.5, 0.6) is 0 Å². The normalized spacial score (nSPS) is 21.1. The van der Waals surface area contributed by atoms with Gasteiger partial charge in [-0.25, -0.2) is 8.78 Å². The van der Waals surface area contributed by atoms with Crippen LogP contribution in [0.2, 0.25) is 0 Å². The first kappa shape index (κ1) is 58.7. The quantitative estimate of drug-likeness (QED) is 0.0711. The molecule has 2 saturated heterocycles. The number of alkyl halides is 2. The first-order valence-electron chi connectivity index (χ1n) is 29.2. The Kier molecular flexibility index (Phi) is 20.9. The van der Waals surface area contributed by atoms with Crippen molar-refractivity contribution >= 4 is 35.4 Å². The summed E-state index contributed by atoms with van der Waals surface area (Å²) in [6, 6.07) is 30.1. The SMILES string of the molecule is CN[C@@H](C)C(=O)N[C@H](C(=O)N1CC[C@H](F)[C@H]1CN(CCc1ccccc1)C(=O)c1ccc(-c2ccc(C(=O)N(CCc3ccccc3)C[C@@H]3[C@@H](F)CCN3C(=O)[C@@H](NC(=O)C(C)C)C3CCCCC3)cc2)cc1)C1CCCCC1. The molecule has 4 aromatic carbocycles. The highest BCUT2D eigenvalue weighted by Crippen LogP contribution is 2.33. The van der Waals surface area contributed by atoms with Crippen molar-refractivity contribution in [3.63, 3.8) is 0 Å². The van der Waals surface area contributed by atoms with E-state index in [9.17, 15) is 28.8 Å². The van der Waals surface area contributed by atoms with Gasteiger partial charge in [0, 0.05) is 56.3 Å². The molecule has 8 rings (SSSR count). The van der Waals surface area contributed by atoms with Crippen LogP contribution in [0.15, 0.2) is 109 Å². The van der Waals surface area contributed by atoms with E-state index in [2.05, 4.69) is 16.0 Å². The van der Waals surface area contributed by atoms with Crippen molar-refractivity contribution in [1.82, 2.24) is 35.6 Å². The van der Waals surface area contributed by atoms with E-state index in [0.717, 1.165) is 86.5 Å². The standard InChI is InChI=1S/C64H83F2N7O6/c1-43(2)59(74)68-57(49-21-13-7-14-22-49)63(78)72-39-35-53(65)55(72)41-70(37-33-45-17-9-5-10-18-45)61(76)51-29-25-47(26-30-51)48-27-31-52(32-28-48)62(77)71(38-34-46-19-11-6-12-20-46)42-56-54(66)36-40-73(56)64(79)58(50-23-15-8-16-24-50)69-60(75)44(3)67-4/h5-6,9-12,17-20,25-32,43-44,49-50,53-58,67H,7-8,13-16,21-24,33-42H2,1-4H3,(H,68,74)(H,69,75)/t44-,53-,54-,55+,56+,57-,58-/m0/s1. The summed E-state index contributed by atoms with van der Waals surface area (Å²) in [5.41, 5.74) is 4.42. The molecule has 79 heavy (non-hydrogen) atoms. The van der Waals surface area contributed by atoms with Gasteiger partial charge in [-0.05, 0) is 124 Å². The predicted octanol–water partition coefficient (Wildman–Crippen LogP) is 9.00. The van der Waals surface area contributed by atoms with Crippen molar-refractivity contribution in [2.75, 3.05) is 46.3 Å². The van der Waals surface area contributed by atoms with Gasteiger partial charge in [-0.1, -0.05) is 137 Å². The van der Waals surface area contributed by atoms with Gasteiger partial charge < -0.3 is 35.6 Å². The molecule has 6 amide bonds. The molecule has 13 nitrogen and oxygen atoms in total. The summed E-state index contributed by atoms with van der Waals surface area (Å²) in [5.74, 6) is -2.07. The smallest absolute Gasteiger partial charge is 0.253 e. The van der Waals surface area contributed by atoms with Gasteiger partial charge in [0.05, 0.1) is 18.1 Å². The summed E-state index contributed by atoms with van der Waals surface area (Å²) in [6.07, 6.45) is 7.84. The van der Waals surface area contributed by atoms with E-state index in [0.29, 0.717) is 30.5 Å². The van der Waals surface area contributed by atoms with Gasteiger partial charge in [-0.3, -0.25) is 28.8 Å². The zero-order chi connectivity index (χ0) is 56.0. The number of benzene rings is 4. The zero-order valence-electron chi connectivity index (χ0n) is 46.8. The van der Waals surface area contributed by atoms with Crippen molar-refractivity contribution < 1.29 is 37.5 Å². The lowest BCUT2D eigenvalue weighted by Gasteiger charge is -2.37. The molecular weight excluding hydrogens is 1000 g/mol. The predicted molar refractivity (Wildman–Crippen MR) is 304 cm³/mol. The van der Waals surface area contributed by atoms with Crippen molar-refractivity contribution in [3.05, 3.63) is 131 Å². The van der Waals surface area contributed by atoms with Crippen LogP contribution in [0.25, 0.3) is 11.1 Å². The molecule has 4 aromatic rings. The van der Waals surface area contributed by atoms with Crippen molar-refractivity contribution in [2.24, 2.45) is 17.8 Å². The Labute approximate surface area is 466 Å². The molecular formula is C64H83F2N7O6. The Morgan fingerprint density at radius 3 is 1.27 bits per heavy atom. The highest BCUT2D eigenvalue weighted by molar-refractivity contribution is 5.96. The molecule has 0 bridgehead atoms. The second kappa shape index (κ2) is 28.1. The average Bonchev–Trinajstić information content (AvgIpc) is 4.16. The van der Waals surface area contributed by atoms with E-state index >= 15 is 8.78 Å². The molecule has 2 aliphatic carbocycles. The topological polar surface area (TPSA) is 151 Å². The zero-order valence-corrected chi connectivity index (χ0v) is 46.8. The summed E-state index contributed by atoms with van der Waals surface area (Å²) >= 11 is 0. The number of likely N-dealkylation sites (tertiary alicyclic amines) is 2. The van der Waals surface area contributed by atoms with Crippen LogP contribution in [0.1, 0.15) is 130 Å². The van der Waals surface area contributed by atoms with Gasteiger partial charge in [0.25, 0.3) is 11.8 Å². The van der Waals surface area contributed by atoms with Gasteiger partial charge in [-0.15, -0.1) is 0 Å². The summed E-state index contributed by atoms with van der Waals surface area (Å²) in [6.45, 7) is 6.28. The third-order valence-electron chi connectivity index (χ3n) is 17.2. The molecule has 424 valence electrons. The van der Waals surface area contributed by atoms with E-state index in [-0.39, 0.29) is 98.8 Å². The number of rotatable bonds is 22. The third kappa shape index (κ3) is 15.1. The van der Waals surface area contributed by atoms with Gasteiger partial charge in [-0.2, -0.15) is 0 Å². The van der Waals surface area contributed by atoms with E-state index in [1.54, 1.807) is 71.7 Å². The number of carbonyl (C=O) groups excluding carboxylic acids is 6. The average molecular weight is 1080 g/mol. The molecule has 2 aliphatic heterocycles. The monoisotopic (exact) mass is 1080 g/mol. The van der Waals surface area contributed by atoms with Crippen molar-refractivity contribution in [3.8, 4) is 11.1 Å². The molecule has 2 saturated carbocycles. The number of carbonyl (C=O) groups is 6. The second-order valence-corrected chi connectivity index (χ2v) is 22.9.